The van der Waals surface area contributed by atoms with E-state index in [9.17, 15) is 5.11 Å². The van der Waals surface area contributed by atoms with E-state index in [4.69, 9.17) is 0 Å². The maximum atomic E-state index is 10.2. The number of phenols is 1. The van der Waals surface area contributed by atoms with E-state index in [-0.39, 0.29) is 0 Å². The van der Waals surface area contributed by atoms with E-state index in [1.807, 2.05) is 68.4 Å². The van der Waals surface area contributed by atoms with E-state index in [0.29, 0.717) is 5.75 Å². The summed E-state index contributed by atoms with van der Waals surface area (Å²) in [4.78, 5) is 0. The highest BCUT2D eigenvalue weighted by Gasteiger charge is 2.18. The average molecular weight is 308 g/mol. The molecule has 3 aromatic rings. The predicted molar refractivity (Wildman–Crippen MR) is 98.2 cm³/mol. The summed E-state index contributed by atoms with van der Waals surface area (Å²) >= 11 is 0. The van der Waals surface area contributed by atoms with Crippen molar-refractivity contribution in [2.24, 2.45) is 0 Å². The van der Waals surface area contributed by atoms with E-state index in [0.717, 1.165) is 5.30 Å². The minimum Gasteiger partial charge on any atom is -0.507 e. The van der Waals surface area contributed by atoms with Crippen LogP contribution >= 0.6 is 7.92 Å². The van der Waals surface area contributed by atoms with Gasteiger partial charge in [0.15, 0.2) is 0 Å². The maximum absolute atomic E-state index is 10.2. The Morgan fingerprint density at radius 3 is 1.45 bits per heavy atom. The zero-order valence-corrected chi connectivity index (χ0v) is 13.9. The molecule has 2 heteroatoms. The molecule has 0 aromatic heterocycles. The van der Waals surface area contributed by atoms with Crippen molar-refractivity contribution < 1.29 is 5.11 Å². The van der Waals surface area contributed by atoms with Gasteiger partial charge in [-0.25, -0.2) is 0 Å². The number of para-hydroxylation sites is 1. The number of hydrogen-bond donors (Lipinski definition) is 1. The van der Waals surface area contributed by atoms with Crippen LogP contribution in [-0.2, 0) is 0 Å². The van der Waals surface area contributed by atoms with Crippen molar-refractivity contribution in [3.05, 3.63) is 84.9 Å². The average Bonchev–Trinajstić information content (AvgIpc) is 2.61. The second-order valence-corrected chi connectivity index (χ2v) is 6.68. The van der Waals surface area contributed by atoms with Crippen LogP contribution in [0.2, 0.25) is 0 Å². The van der Waals surface area contributed by atoms with Crippen LogP contribution in [0.1, 0.15) is 13.8 Å². The van der Waals surface area contributed by atoms with Gasteiger partial charge in [0.1, 0.15) is 5.75 Å². The smallest absolute Gasteiger partial charge is 0.123 e. The lowest BCUT2D eigenvalue weighted by molar-refractivity contribution is 0.480. The molecule has 1 nitrogen and oxygen atoms in total. The zero-order valence-electron chi connectivity index (χ0n) is 13.0. The lowest BCUT2D eigenvalue weighted by atomic mass is 10.3. The lowest BCUT2D eigenvalue weighted by Crippen LogP contribution is -2.20. The van der Waals surface area contributed by atoms with Crippen molar-refractivity contribution in [3.63, 3.8) is 0 Å². The van der Waals surface area contributed by atoms with E-state index in [2.05, 4.69) is 24.3 Å². The first-order valence-electron chi connectivity index (χ1n) is 7.54. The summed E-state index contributed by atoms with van der Waals surface area (Å²) in [6.07, 6.45) is 0. The molecule has 22 heavy (non-hydrogen) atoms. The number of aromatic hydroxyl groups is 1. The number of phenolic OH excluding ortho intramolecular Hbond substituents is 1. The van der Waals surface area contributed by atoms with Crippen LogP contribution in [0.3, 0.4) is 0 Å². The van der Waals surface area contributed by atoms with Gasteiger partial charge in [-0.1, -0.05) is 92.7 Å². The molecule has 3 rings (SSSR count). The molecule has 0 saturated heterocycles. The molecule has 0 radical (unpaired) electrons. The van der Waals surface area contributed by atoms with Crippen LogP contribution in [0.4, 0.5) is 0 Å². The molecular formula is C20H21OP. The molecule has 0 unspecified atom stereocenters. The number of hydrogen-bond acceptors (Lipinski definition) is 1. The SMILES string of the molecule is CC.Oc1ccccc1P(c1ccccc1)c1ccccc1. The van der Waals surface area contributed by atoms with Crippen molar-refractivity contribution in [1.29, 1.82) is 0 Å². The summed E-state index contributed by atoms with van der Waals surface area (Å²) in [5.41, 5.74) is 0. The molecule has 1 N–H and O–H groups in total. The van der Waals surface area contributed by atoms with E-state index in [1.165, 1.54) is 10.6 Å². The predicted octanol–water partition coefficient (Wildman–Crippen LogP) is 4.18. The third kappa shape index (κ3) is 3.75. The molecule has 0 bridgehead atoms. The van der Waals surface area contributed by atoms with Crippen LogP contribution in [0.15, 0.2) is 84.9 Å². The summed E-state index contributed by atoms with van der Waals surface area (Å²) < 4.78 is 0. The van der Waals surface area contributed by atoms with Crippen LogP contribution in [0.5, 0.6) is 5.75 Å². The monoisotopic (exact) mass is 308 g/mol. The molecule has 3 aromatic carbocycles. The first-order valence-corrected chi connectivity index (χ1v) is 8.88. The highest BCUT2D eigenvalue weighted by molar-refractivity contribution is 7.80. The Bertz CT molecular complexity index is 641. The molecular weight excluding hydrogens is 287 g/mol. The molecule has 112 valence electrons. The quantitative estimate of drug-likeness (QED) is 0.720. The van der Waals surface area contributed by atoms with Gasteiger partial charge in [0, 0.05) is 5.30 Å². The minimum absolute atomic E-state index is 0.367. The third-order valence-electron chi connectivity index (χ3n) is 3.15. The molecule has 0 fully saturated rings. The van der Waals surface area contributed by atoms with Gasteiger partial charge in [-0.05, 0) is 24.6 Å². The first kappa shape index (κ1) is 16.3. The fraction of sp³-hybridized carbons (Fsp3) is 0.100. The summed E-state index contributed by atoms with van der Waals surface area (Å²) in [6.45, 7) is 4.00. The molecule has 0 aliphatic heterocycles. The molecule has 0 aliphatic carbocycles. The summed E-state index contributed by atoms with van der Waals surface area (Å²) in [5, 5.41) is 13.7. The molecule has 0 heterocycles. The van der Waals surface area contributed by atoms with Crippen LogP contribution in [-0.4, -0.2) is 5.11 Å². The van der Waals surface area contributed by atoms with Crippen molar-refractivity contribution in [3.8, 4) is 5.75 Å². The fourth-order valence-electron chi connectivity index (χ4n) is 2.23. The first-order chi connectivity index (χ1) is 10.9. The lowest BCUT2D eigenvalue weighted by Gasteiger charge is -2.20. The van der Waals surface area contributed by atoms with E-state index < -0.39 is 7.92 Å². The Labute approximate surface area is 134 Å². The normalized spacial score (nSPS) is 9.95. The third-order valence-corrected chi connectivity index (χ3v) is 5.64. The fourth-order valence-corrected chi connectivity index (χ4v) is 4.57. The Morgan fingerprint density at radius 2 is 1.00 bits per heavy atom. The molecule has 0 amide bonds. The number of benzene rings is 3. The van der Waals surface area contributed by atoms with Gasteiger partial charge in [-0.3, -0.25) is 0 Å². The van der Waals surface area contributed by atoms with Gasteiger partial charge in [0.25, 0.3) is 0 Å². The van der Waals surface area contributed by atoms with E-state index >= 15 is 0 Å². The topological polar surface area (TPSA) is 20.2 Å². The van der Waals surface area contributed by atoms with Crippen LogP contribution in [0.25, 0.3) is 0 Å². The van der Waals surface area contributed by atoms with Crippen molar-refractivity contribution in [2.75, 3.05) is 0 Å². The Hall–Kier alpha value is -2.11. The van der Waals surface area contributed by atoms with Crippen LogP contribution < -0.4 is 15.9 Å². The number of rotatable bonds is 3. The Balaban J connectivity index is 0.000000847. The summed E-state index contributed by atoms with van der Waals surface area (Å²) in [7, 11) is -0.717. The van der Waals surface area contributed by atoms with Crippen molar-refractivity contribution >= 4 is 23.8 Å². The summed E-state index contributed by atoms with van der Waals surface area (Å²) in [6, 6.07) is 28.4. The van der Waals surface area contributed by atoms with Gasteiger partial charge in [-0.15, -0.1) is 0 Å². The van der Waals surface area contributed by atoms with Gasteiger partial charge in [0.05, 0.1) is 0 Å². The molecule has 0 spiro atoms. The standard InChI is InChI=1S/C18H15OP.C2H6/c19-17-13-7-8-14-18(17)20(15-9-3-1-4-10-15)16-11-5-2-6-12-16;1-2/h1-14,19H;1-2H3. The second-order valence-electron chi connectivity index (χ2n) is 4.50. The van der Waals surface area contributed by atoms with Crippen molar-refractivity contribution in [2.45, 2.75) is 13.8 Å². The van der Waals surface area contributed by atoms with Gasteiger partial charge in [0.2, 0.25) is 0 Å². The highest BCUT2D eigenvalue weighted by atomic mass is 31.1. The summed E-state index contributed by atoms with van der Waals surface area (Å²) in [5.74, 6) is 0.367. The van der Waals surface area contributed by atoms with Crippen molar-refractivity contribution in [1.82, 2.24) is 0 Å². The van der Waals surface area contributed by atoms with Gasteiger partial charge in [-0.2, -0.15) is 0 Å². The van der Waals surface area contributed by atoms with Gasteiger partial charge < -0.3 is 5.11 Å². The highest BCUT2D eigenvalue weighted by Crippen LogP contribution is 2.35. The Kier molecular flexibility index (Phi) is 6.18. The molecule has 0 atom stereocenters. The minimum atomic E-state index is -0.717. The Morgan fingerprint density at radius 1 is 0.591 bits per heavy atom. The zero-order chi connectivity index (χ0) is 15.8. The largest absolute Gasteiger partial charge is 0.507 e. The maximum Gasteiger partial charge on any atom is 0.123 e. The second kappa shape index (κ2) is 8.36. The van der Waals surface area contributed by atoms with Crippen LogP contribution in [0, 0.1) is 0 Å². The van der Waals surface area contributed by atoms with Gasteiger partial charge >= 0.3 is 0 Å². The van der Waals surface area contributed by atoms with E-state index in [1.54, 1.807) is 6.07 Å². The molecule has 0 aliphatic rings. The molecule has 0 saturated carbocycles.